The van der Waals surface area contributed by atoms with Crippen molar-refractivity contribution < 1.29 is 23.9 Å². The summed E-state index contributed by atoms with van der Waals surface area (Å²) in [6.45, 7) is 3.56. The lowest BCUT2D eigenvalue weighted by Crippen LogP contribution is -2.48. The highest BCUT2D eigenvalue weighted by molar-refractivity contribution is 7.80. The Morgan fingerprint density at radius 3 is 2.35 bits per heavy atom. The molecule has 3 aromatic rings. The number of para-hydroxylation sites is 1. The van der Waals surface area contributed by atoms with Crippen molar-refractivity contribution in [3.8, 4) is 17.2 Å². The molecule has 4 rings (SSSR count). The van der Waals surface area contributed by atoms with E-state index in [1.165, 1.54) is 14.2 Å². The van der Waals surface area contributed by atoms with Crippen LogP contribution in [0.15, 0.2) is 64.3 Å². The van der Waals surface area contributed by atoms with Crippen LogP contribution in [0.3, 0.4) is 0 Å². The summed E-state index contributed by atoms with van der Waals surface area (Å²) >= 11 is 5.69. The van der Waals surface area contributed by atoms with Gasteiger partial charge in [-0.3, -0.25) is 9.69 Å². The van der Waals surface area contributed by atoms with Gasteiger partial charge in [0.2, 0.25) is 5.75 Å². The van der Waals surface area contributed by atoms with Crippen LogP contribution in [0.25, 0.3) is 0 Å². The third-order valence-corrected chi connectivity index (χ3v) is 5.75. The topological polar surface area (TPSA) is 109 Å². The maximum absolute atomic E-state index is 13.6. The lowest BCUT2D eigenvalue weighted by molar-refractivity contribution is -0.113. The molecule has 0 aliphatic carbocycles. The van der Waals surface area contributed by atoms with Crippen molar-refractivity contribution in [2.45, 2.75) is 19.9 Å². The molecule has 1 aliphatic heterocycles. The average molecular weight is 481 g/mol. The molecular formula is C24H24N4O5S. The third-order valence-electron chi connectivity index (χ3n) is 5.45. The number of benzene rings is 2. The number of methoxy groups -OCH3 is 2. The summed E-state index contributed by atoms with van der Waals surface area (Å²) < 4.78 is 15.7. The van der Waals surface area contributed by atoms with E-state index in [9.17, 15) is 9.90 Å². The maximum Gasteiger partial charge on any atom is 0.257 e. The number of phenolic OH excluding ortho intramolecular Hbond substituents is 1. The molecule has 3 N–H and O–H groups in total. The number of carbonyl (C=O) groups is 1. The van der Waals surface area contributed by atoms with Crippen LogP contribution in [0.5, 0.6) is 17.2 Å². The molecule has 2 aromatic carbocycles. The Balaban J connectivity index is 1.86. The molecule has 0 spiro atoms. The number of nitrogens with zero attached hydrogens (tertiary/aromatic N) is 2. The van der Waals surface area contributed by atoms with Crippen molar-refractivity contribution >= 4 is 34.7 Å². The molecule has 0 unspecified atom stereocenters. The molecule has 34 heavy (non-hydrogen) atoms. The molecule has 10 heteroatoms. The molecule has 0 saturated carbocycles. The maximum atomic E-state index is 13.6. The number of aromatic hydroxyl groups is 1. The van der Waals surface area contributed by atoms with Gasteiger partial charge < -0.3 is 29.7 Å². The van der Waals surface area contributed by atoms with E-state index < -0.39 is 11.9 Å². The van der Waals surface area contributed by atoms with Crippen molar-refractivity contribution in [2.75, 3.05) is 24.4 Å². The fraction of sp³-hybridized carbons (Fsp3) is 0.208. The normalized spacial score (nSPS) is 15.7. The Bertz CT molecular complexity index is 1250. The minimum atomic E-state index is -0.663. The first-order chi connectivity index (χ1) is 16.3. The minimum Gasteiger partial charge on any atom is -0.502 e. The molecule has 176 valence electrons. The number of amides is 1. The summed E-state index contributed by atoms with van der Waals surface area (Å²) in [5.74, 6) is 0.746. The third kappa shape index (κ3) is 4.27. The van der Waals surface area contributed by atoms with Crippen molar-refractivity contribution in [3.05, 3.63) is 71.1 Å². The summed E-state index contributed by atoms with van der Waals surface area (Å²) in [4.78, 5) is 15.4. The largest absolute Gasteiger partial charge is 0.502 e. The van der Waals surface area contributed by atoms with Gasteiger partial charge >= 0.3 is 0 Å². The molecule has 2 heterocycles. The van der Waals surface area contributed by atoms with Gasteiger partial charge in [0.15, 0.2) is 22.4 Å². The van der Waals surface area contributed by atoms with Gasteiger partial charge in [0, 0.05) is 17.5 Å². The number of thiocarbonyl (C=S) groups is 1. The van der Waals surface area contributed by atoms with Crippen molar-refractivity contribution in [1.29, 1.82) is 0 Å². The molecule has 0 saturated heterocycles. The lowest BCUT2D eigenvalue weighted by atomic mass is 9.93. The summed E-state index contributed by atoms with van der Waals surface area (Å²) in [5, 5.41) is 20.7. The molecule has 0 radical (unpaired) electrons. The van der Waals surface area contributed by atoms with Gasteiger partial charge in [-0.05, 0) is 55.9 Å². The standard InChI is InChI=1S/C24H24N4O5S/c1-13-10-19(27-33-13)25-23(30)20-14(2)28(16-8-6-5-7-9-16)24(34)26-21(20)15-11-17(31-3)22(29)18(12-15)32-4/h5-12,21,29H,1-4H3,(H,26,34)(H,25,27,30)/t21-/m0/s1. The molecule has 0 fully saturated rings. The summed E-state index contributed by atoms with van der Waals surface area (Å²) in [5.41, 5.74) is 2.44. The Morgan fingerprint density at radius 1 is 1.15 bits per heavy atom. The number of carbonyl (C=O) groups excluding carboxylic acids is 1. The van der Waals surface area contributed by atoms with Crippen LogP contribution in [-0.2, 0) is 4.79 Å². The number of phenols is 1. The first-order valence-electron chi connectivity index (χ1n) is 10.4. The van der Waals surface area contributed by atoms with E-state index in [0.29, 0.717) is 33.5 Å². The first kappa shape index (κ1) is 23.1. The zero-order chi connectivity index (χ0) is 24.4. The highest BCUT2D eigenvalue weighted by Crippen LogP contribution is 2.42. The molecule has 1 aliphatic rings. The Kier molecular flexibility index (Phi) is 6.42. The zero-order valence-electron chi connectivity index (χ0n) is 19.1. The van der Waals surface area contributed by atoms with E-state index in [1.54, 1.807) is 30.0 Å². The van der Waals surface area contributed by atoms with Crippen LogP contribution in [-0.4, -0.2) is 35.5 Å². The Morgan fingerprint density at radius 2 is 1.79 bits per heavy atom. The molecule has 9 nitrogen and oxygen atoms in total. The molecular weight excluding hydrogens is 456 g/mol. The number of allylic oxidation sites excluding steroid dienone is 1. The number of aromatic nitrogens is 1. The average Bonchev–Trinajstić information content (AvgIpc) is 3.23. The second-order valence-corrected chi connectivity index (χ2v) is 7.99. The summed E-state index contributed by atoms with van der Waals surface area (Å²) in [7, 11) is 2.88. The highest BCUT2D eigenvalue weighted by Gasteiger charge is 2.36. The predicted octanol–water partition coefficient (Wildman–Crippen LogP) is 4.05. The van der Waals surface area contributed by atoms with Crippen LogP contribution in [0.2, 0.25) is 0 Å². The minimum absolute atomic E-state index is 0.136. The first-order valence-corrected chi connectivity index (χ1v) is 10.8. The number of ether oxygens (including phenoxy) is 2. The second kappa shape index (κ2) is 9.44. The molecule has 1 aromatic heterocycles. The van der Waals surface area contributed by atoms with Crippen molar-refractivity contribution in [2.24, 2.45) is 0 Å². The van der Waals surface area contributed by atoms with E-state index in [2.05, 4.69) is 15.8 Å². The van der Waals surface area contributed by atoms with Crippen molar-refractivity contribution in [1.82, 2.24) is 10.5 Å². The number of hydrogen-bond donors (Lipinski definition) is 3. The van der Waals surface area contributed by atoms with Crippen LogP contribution in [0.1, 0.15) is 24.3 Å². The van der Waals surface area contributed by atoms with Crippen LogP contribution in [0, 0.1) is 6.92 Å². The highest BCUT2D eigenvalue weighted by atomic mass is 32.1. The summed E-state index contributed by atoms with van der Waals surface area (Å²) in [6, 6.07) is 13.7. The van der Waals surface area contributed by atoms with E-state index >= 15 is 0 Å². The smallest absolute Gasteiger partial charge is 0.257 e. The molecule has 1 amide bonds. The van der Waals surface area contributed by atoms with Crippen LogP contribution in [0.4, 0.5) is 11.5 Å². The van der Waals surface area contributed by atoms with E-state index in [-0.39, 0.29) is 17.2 Å². The molecule has 1 atom stereocenters. The zero-order valence-corrected chi connectivity index (χ0v) is 19.9. The lowest BCUT2D eigenvalue weighted by Gasteiger charge is -2.38. The van der Waals surface area contributed by atoms with Gasteiger partial charge in [-0.1, -0.05) is 23.4 Å². The van der Waals surface area contributed by atoms with Gasteiger partial charge in [-0.2, -0.15) is 0 Å². The summed E-state index contributed by atoms with van der Waals surface area (Å²) in [6.07, 6.45) is 0. The van der Waals surface area contributed by atoms with Gasteiger partial charge in [0.1, 0.15) is 5.76 Å². The van der Waals surface area contributed by atoms with E-state index in [4.69, 9.17) is 26.2 Å². The second-order valence-electron chi connectivity index (χ2n) is 7.60. The number of rotatable bonds is 6. The van der Waals surface area contributed by atoms with Gasteiger partial charge in [0.25, 0.3) is 5.91 Å². The number of aryl methyl sites for hydroxylation is 1. The van der Waals surface area contributed by atoms with Crippen LogP contribution < -0.4 is 25.0 Å². The van der Waals surface area contributed by atoms with Gasteiger partial charge in [-0.25, -0.2) is 0 Å². The SMILES string of the molecule is COc1cc([C@@H]2NC(=S)N(c3ccccc3)C(C)=C2C(=O)Nc2cc(C)on2)cc(OC)c1O. The predicted molar refractivity (Wildman–Crippen MR) is 131 cm³/mol. The van der Waals surface area contributed by atoms with Gasteiger partial charge in [0.05, 0.1) is 25.8 Å². The monoisotopic (exact) mass is 480 g/mol. The van der Waals surface area contributed by atoms with E-state index in [0.717, 1.165) is 5.69 Å². The van der Waals surface area contributed by atoms with Gasteiger partial charge in [-0.15, -0.1) is 0 Å². The Hall–Kier alpha value is -4.05. The number of hydrogen-bond acceptors (Lipinski definition) is 7. The van der Waals surface area contributed by atoms with Crippen LogP contribution >= 0.6 is 12.2 Å². The fourth-order valence-electron chi connectivity index (χ4n) is 3.86. The quantitative estimate of drug-likeness (QED) is 0.450. The molecule has 0 bridgehead atoms. The Labute approximate surface area is 202 Å². The van der Waals surface area contributed by atoms with E-state index in [1.807, 2.05) is 37.3 Å². The number of nitrogens with one attached hydrogen (secondary N) is 2. The number of anilines is 2. The fourth-order valence-corrected chi connectivity index (χ4v) is 4.22. The van der Waals surface area contributed by atoms with Crippen molar-refractivity contribution in [3.63, 3.8) is 0 Å².